The summed E-state index contributed by atoms with van der Waals surface area (Å²) in [5.74, 6) is 1.70. The summed E-state index contributed by atoms with van der Waals surface area (Å²) in [7, 11) is 1.72. The van der Waals surface area contributed by atoms with Crippen molar-refractivity contribution in [3.05, 3.63) is 66.0 Å². The first-order chi connectivity index (χ1) is 15.8. The molecule has 8 heteroatoms. The van der Waals surface area contributed by atoms with Crippen molar-refractivity contribution in [3.8, 4) is 5.75 Å². The maximum absolute atomic E-state index is 5.86. The maximum atomic E-state index is 5.86. The van der Waals surface area contributed by atoms with Gasteiger partial charge < -0.3 is 14.4 Å². The third-order valence-corrected chi connectivity index (χ3v) is 6.44. The van der Waals surface area contributed by atoms with Gasteiger partial charge >= 0.3 is 0 Å². The molecule has 2 atom stereocenters. The molecule has 0 saturated carbocycles. The normalized spacial score (nSPS) is 20.4. The first kappa shape index (κ1) is 20.9. The zero-order chi connectivity index (χ0) is 21.8. The van der Waals surface area contributed by atoms with Gasteiger partial charge in [-0.2, -0.15) is 0 Å². The van der Waals surface area contributed by atoms with Gasteiger partial charge in [0.1, 0.15) is 11.8 Å². The molecule has 0 aliphatic carbocycles. The fraction of sp³-hybridized carbons (Fsp3) is 0.458. The summed E-state index contributed by atoms with van der Waals surface area (Å²) < 4.78 is 13.5. The van der Waals surface area contributed by atoms with E-state index in [2.05, 4.69) is 67.8 Å². The van der Waals surface area contributed by atoms with Crippen LogP contribution >= 0.6 is 0 Å². The third kappa shape index (κ3) is 4.33. The lowest BCUT2D eigenvalue weighted by Crippen LogP contribution is -2.48. The molecule has 0 amide bonds. The summed E-state index contributed by atoms with van der Waals surface area (Å²) >= 11 is 0. The Morgan fingerprint density at radius 1 is 1.03 bits per heavy atom. The number of tetrazole rings is 1. The lowest BCUT2D eigenvalue weighted by Gasteiger charge is -2.40. The van der Waals surface area contributed by atoms with E-state index in [1.807, 2.05) is 16.8 Å². The van der Waals surface area contributed by atoms with Crippen LogP contribution in [0.2, 0.25) is 0 Å². The largest absolute Gasteiger partial charge is 0.496 e. The minimum atomic E-state index is -0.0829. The molecule has 168 valence electrons. The molecule has 0 unspecified atom stereocenters. The number of aromatic nitrogens is 4. The van der Waals surface area contributed by atoms with Crippen molar-refractivity contribution < 1.29 is 9.47 Å². The van der Waals surface area contributed by atoms with Crippen LogP contribution in [0.15, 0.2) is 54.6 Å². The van der Waals surface area contributed by atoms with Crippen molar-refractivity contribution in [3.63, 3.8) is 0 Å². The molecule has 5 rings (SSSR count). The van der Waals surface area contributed by atoms with Crippen molar-refractivity contribution in [2.24, 2.45) is 0 Å². The van der Waals surface area contributed by atoms with Crippen LogP contribution in [0.5, 0.6) is 5.75 Å². The van der Waals surface area contributed by atoms with Crippen LogP contribution in [0.4, 0.5) is 5.69 Å². The SMILES string of the molecule is COc1ccccc1[C@@H](c1nnnn1C[C@H]1CCCO1)N1CCN(c2ccccc2)CC1. The van der Waals surface area contributed by atoms with E-state index in [1.165, 1.54) is 5.69 Å². The Balaban J connectivity index is 1.43. The fourth-order valence-electron chi connectivity index (χ4n) is 4.79. The number of hydrogen-bond donors (Lipinski definition) is 0. The Morgan fingerprint density at radius 2 is 1.81 bits per heavy atom. The maximum Gasteiger partial charge on any atom is 0.173 e. The molecule has 8 nitrogen and oxygen atoms in total. The monoisotopic (exact) mass is 434 g/mol. The minimum Gasteiger partial charge on any atom is -0.496 e. The second-order valence-corrected chi connectivity index (χ2v) is 8.36. The highest BCUT2D eigenvalue weighted by molar-refractivity contribution is 5.46. The zero-order valence-corrected chi connectivity index (χ0v) is 18.5. The van der Waals surface area contributed by atoms with Gasteiger partial charge in [-0.05, 0) is 41.5 Å². The molecule has 2 fully saturated rings. The smallest absolute Gasteiger partial charge is 0.173 e. The quantitative estimate of drug-likeness (QED) is 0.566. The molecule has 0 bridgehead atoms. The fourth-order valence-corrected chi connectivity index (χ4v) is 4.79. The van der Waals surface area contributed by atoms with Crippen molar-refractivity contribution in [1.82, 2.24) is 25.1 Å². The van der Waals surface area contributed by atoms with E-state index in [9.17, 15) is 0 Å². The molecule has 32 heavy (non-hydrogen) atoms. The third-order valence-electron chi connectivity index (χ3n) is 6.44. The Kier molecular flexibility index (Phi) is 6.31. The minimum absolute atomic E-state index is 0.0829. The molecule has 1 aromatic heterocycles. The molecule has 2 aliphatic heterocycles. The lowest BCUT2D eigenvalue weighted by atomic mass is 10.0. The van der Waals surface area contributed by atoms with Gasteiger partial charge in [0.2, 0.25) is 0 Å². The standard InChI is InChI=1S/C24H30N6O2/c1-31-22-12-6-5-11-21(22)23(24-25-26-27-30(24)18-20-10-7-17-32-20)29-15-13-28(14-16-29)19-8-3-2-4-9-19/h2-6,8-9,11-12,20,23H,7,10,13-18H2,1H3/t20-,23+/m1/s1. The Hall–Kier alpha value is -2.97. The van der Waals surface area contributed by atoms with Gasteiger partial charge in [-0.25, -0.2) is 4.68 Å². The zero-order valence-electron chi connectivity index (χ0n) is 18.5. The molecule has 2 saturated heterocycles. The number of para-hydroxylation sites is 2. The first-order valence-corrected chi connectivity index (χ1v) is 11.4. The van der Waals surface area contributed by atoms with Crippen molar-refractivity contribution in [2.75, 3.05) is 44.8 Å². The molecule has 0 spiro atoms. The number of nitrogens with zero attached hydrogens (tertiary/aromatic N) is 6. The number of benzene rings is 2. The molecule has 3 aromatic rings. The van der Waals surface area contributed by atoms with Gasteiger partial charge in [-0.3, -0.25) is 4.90 Å². The highest BCUT2D eigenvalue weighted by Crippen LogP contribution is 2.35. The van der Waals surface area contributed by atoms with Crippen LogP contribution in [0.3, 0.4) is 0 Å². The van der Waals surface area contributed by atoms with E-state index in [1.54, 1.807) is 7.11 Å². The van der Waals surface area contributed by atoms with E-state index >= 15 is 0 Å². The number of methoxy groups -OCH3 is 1. The second kappa shape index (κ2) is 9.67. The number of hydrogen-bond acceptors (Lipinski definition) is 7. The number of anilines is 1. The second-order valence-electron chi connectivity index (χ2n) is 8.36. The van der Waals surface area contributed by atoms with Gasteiger partial charge in [0.25, 0.3) is 0 Å². The summed E-state index contributed by atoms with van der Waals surface area (Å²) in [6.45, 7) is 5.21. The molecular weight excluding hydrogens is 404 g/mol. The molecule has 0 N–H and O–H groups in total. The van der Waals surface area contributed by atoms with Gasteiger partial charge in [0.05, 0.1) is 19.8 Å². The Bertz CT molecular complexity index is 996. The topological polar surface area (TPSA) is 68.5 Å². The van der Waals surface area contributed by atoms with Crippen LogP contribution in [0, 0.1) is 0 Å². The molecular formula is C24H30N6O2. The van der Waals surface area contributed by atoms with E-state index in [0.29, 0.717) is 6.54 Å². The van der Waals surface area contributed by atoms with Gasteiger partial charge in [0, 0.05) is 44.0 Å². The van der Waals surface area contributed by atoms with Crippen molar-refractivity contribution in [2.45, 2.75) is 31.5 Å². The predicted octanol–water partition coefficient (Wildman–Crippen LogP) is 2.77. The summed E-state index contributed by atoms with van der Waals surface area (Å²) in [5.41, 5.74) is 2.36. The Labute approximate surface area is 188 Å². The molecule has 0 radical (unpaired) electrons. The number of rotatable bonds is 7. The van der Waals surface area contributed by atoms with E-state index < -0.39 is 0 Å². The van der Waals surface area contributed by atoms with Crippen LogP contribution in [0.25, 0.3) is 0 Å². The molecule has 3 heterocycles. The summed E-state index contributed by atoms with van der Waals surface area (Å²) in [4.78, 5) is 4.90. The number of piperazine rings is 1. The van der Waals surface area contributed by atoms with Gasteiger partial charge in [-0.1, -0.05) is 36.4 Å². The molecule has 2 aromatic carbocycles. The van der Waals surface area contributed by atoms with Crippen molar-refractivity contribution >= 4 is 5.69 Å². The van der Waals surface area contributed by atoms with E-state index in [-0.39, 0.29) is 12.1 Å². The van der Waals surface area contributed by atoms with Gasteiger partial charge in [-0.15, -0.1) is 5.10 Å². The average Bonchev–Trinajstić information content (AvgIpc) is 3.54. The van der Waals surface area contributed by atoms with Crippen LogP contribution in [-0.4, -0.2) is 71.1 Å². The van der Waals surface area contributed by atoms with Crippen LogP contribution < -0.4 is 9.64 Å². The van der Waals surface area contributed by atoms with E-state index in [0.717, 1.165) is 62.8 Å². The highest BCUT2D eigenvalue weighted by atomic mass is 16.5. The first-order valence-electron chi connectivity index (χ1n) is 11.4. The molecule has 2 aliphatic rings. The summed E-state index contributed by atoms with van der Waals surface area (Å²) in [5, 5.41) is 12.9. The number of ether oxygens (including phenoxy) is 2. The predicted molar refractivity (Wildman–Crippen MR) is 122 cm³/mol. The highest BCUT2D eigenvalue weighted by Gasteiger charge is 2.33. The van der Waals surface area contributed by atoms with Crippen LogP contribution in [-0.2, 0) is 11.3 Å². The lowest BCUT2D eigenvalue weighted by molar-refractivity contribution is 0.0906. The van der Waals surface area contributed by atoms with E-state index in [4.69, 9.17) is 9.47 Å². The summed E-state index contributed by atoms with van der Waals surface area (Å²) in [6, 6.07) is 18.7. The van der Waals surface area contributed by atoms with Crippen LogP contribution in [0.1, 0.15) is 30.3 Å². The van der Waals surface area contributed by atoms with Crippen molar-refractivity contribution in [1.29, 1.82) is 0 Å². The average molecular weight is 435 g/mol. The summed E-state index contributed by atoms with van der Waals surface area (Å²) in [6.07, 6.45) is 2.32. The Morgan fingerprint density at radius 3 is 2.56 bits per heavy atom. The van der Waals surface area contributed by atoms with Gasteiger partial charge in [0.15, 0.2) is 5.82 Å².